The summed E-state index contributed by atoms with van der Waals surface area (Å²) in [4.78, 5) is 28.0. The molecule has 0 saturated heterocycles. The number of nitrogens with one attached hydrogen (secondary N) is 1. The molecule has 6 nitrogen and oxygen atoms in total. The zero-order valence-corrected chi connectivity index (χ0v) is 10.1. The summed E-state index contributed by atoms with van der Waals surface area (Å²) in [7, 11) is 0. The first-order valence-electron chi connectivity index (χ1n) is 5.04. The minimum absolute atomic E-state index is 0.0211. The van der Waals surface area contributed by atoms with Crippen LogP contribution in [0.3, 0.4) is 0 Å². The molecule has 2 atom stereocenters. The number of aromatic amines is 1. The predicted octanol–water partition coefficient (Wildman–Crippen LogP) is -0.166. The highest BCUT2D eigenvalue weighted by molar-refractivity contribution is 8.13. The van der Waals surface area contributed by atoms with Crippen LogP contribution in [0.25, 0.3) is 0 Å². The molecule has 0 aliphatic rings. The van der Waals surface area contributed by atoms with Gasteiger partial charge in [0, 0.05) is 18.9 Å². The van der Waals surface area contributed by atoms with Gasteiger partial charge in [-0.3, -0.25) is 9.59 Å². The van der Waals surface area contributed by atoms with Crippen LogP contribution in [-0.2, 0) is 4.79 Å². The zero-order chi connectivity index (χ0) is 12.8. The van der Waals surface area contributed by atoms with E-state index < -0.39 is 17.8 Å². The van der Waals surface area contributed by atoms with Crippen molar-refractivity contribution >= 4 is 16.9 Å². The van der Waals surface area contributed by atoms with E-state index >= 15 is 0 Å². The van der Waals surface area contributed by atoms with E-state index in [0.29, 0.717) is 5.75 Å². The van der Waals surface area contributed by atoms with Crippen LogP contribution >= 0.6 is 11.8 Å². The molecule has 1 aromatic rings. The van der Waals surface area contributed by atoms with Gasteiger partial charge in [-0.05, 0) is 6.42 Å². The van der Waals surface area contributed by atoms with Crippen molar-refractivity contribution in [1.29, 1.82) is 0 Å². The summed E-state index contributed by atoms with van der Waals surface area (Å²) in [6.07, 6.45) is 0.258. The third-order valence-corrected chi connectivity index (χ3v) is 2.99. The standard InChI is InChI=1S/C10H14N2O4S/c1-6(13)17-3-2-8(14)9(15)7-4-11-5-12-10(7)16/h4-5,8-9,14-15H,2-3H2,1H3,(H,11,12,16). The lowest BCUT2D eigenvalue weighted by Gasteiger charge is -2.16. The molecule has 1 rings (SSSR count). The monoisotopic (exact) mass is 258 g/mol. The highest BCUT2D eigenvalue weighted by atomic mass is 32.2. The summed E-state index contributed by atoms with van der Waals surface area (Å²) < 4.78 is 0. The molecule has 0 saturated carbocycles. The average molecular weight is 258 g/mol. The van der Waals surface area contributed by atoms with Gasteiger partial charge in [0.2, 0.25) is 0 Å². The Morgan fingerprint density at radius 3 is 2.88 bits per heavy atom. The largest absolute Gasteiger partial charge is 0.390 e. The van der Waals surface area contributed by atoms with Gasteiger partial charge in [0.05, 0.1) is 18.0 Å². The van der Waals surface area contributed by atoms with Crippen LogP contribution in [0.2, 0.25) is 0 Å². The number of carbonyl (C=O) groups is 1. The highest BCUT2D eigenvalue weighted by Gasteiger charge is 2.21. The normalized spacial score (nSPS) is 14.3. The summed E-state index contributed by atoms with van der Waals surface area (Å²) >= 11 is 1.06. The van der Waals surface area contributed by atoms with Crippen molar-refractivity contribution in [2.24, 2.45) is 0 Å². The van der Waals surface area contributed by atoms with Crippen molar-refractivity contribution in [3.63, 3.8) is 0 Å². The minimum Gasteiger partial charge on any atom is -0.390 e. The van der Waals surface area contributed by atoms with E-state index in [2.05, 4.69) is 9.97 Å². The van der Waals surface area contributed by atoms with Crippen LogP contribution in [0.15, 0.2) is 17.3 Å². The van der Waals surface area contributed by atoms with Crippen molar-refractivity contribution in [2.45, 2.75) is 25.6 Å². The van der Waals surface area contributed by atoms with Gasteiger partial charge in [0.1, 0.15) is 6.10 Å². The second kappa shape index (κ2) is 6.53. The molecule has 0 bridgehead atoms. The molecular weight excluding hydrogens is 244 g/mol. The zero-order valence-electron chi connectivity index (χ0n) is 9.29. The van der Waals surface area contributed by atoms with E-state index in [1.54, 1.807) is 0 Å². The third kappa shape index (κ3) is 4.29. The van der Waals surface area contributed by atoms with Crippen molar-refractivity contribution < 1.29 is 15.0 Å². The topological polar surface area (TPSA) is 103 Å². The molecule has 0 aromatic carbocycles. The number of H-pyrrole nitrogens is 1. The third-order valence-electron chi connectivity index (χ3n) is 2.15. The fourth-order valence-corrected chi connectivity index (χ4v) is 1.90. The van der Waals surface area contributed by atoms with Gasteiger partial charge >= 0.3 is 0 Å². The Hall–Kier alpha value is -1.18. The van der Waals surface area contributed by atoms with Gasteiger partial charge < -0.3 is 15.2 Å². The van der Waals surface area contributed by atoms with Gasteiger partial charge in [-0.25, -0.2) is 4.98 Å². The van der Waals surface area contributed by atoms with E-state index in [9.17, 15) is 19.8 Å². The number of aliphatic hydroxyl groups is 2. The van der Waals surface area contributed by atoms with Crippen LogP contribution in [0.4, 0.5) is 0 Å². The lowest BCUT2D eigenvalue weighted by Crippen LogP contribution is -2.25. The van der Waals surface area contributed by atoms with Crippen molar-refractivity contribution in [3.05, 3.63) is 28.4 Å². The van der Waals surface area contributed by atoms with Gasteiger partial charge in [-0.15, -0.1) is 0 Å². The average Bonchev–Trinajstić information content (AvgIpc) is 2.28. The second-order valence-corrected chi connectivity index (χ2v) is 4.75. The molecule has 7 heteroatoms. The van der Waals surface area contributed by atoms with Gasteiger partial charge in [0.15, 0.2) is 5.12 Å². The second-order valence-electron chi connectivity index (χ2n) is 3.48. The van der Waals surface area contributed by atoms with Gasteiger partial charge in [0.25, 0.3) is 5.56 Å². The number of aliphatic hydroxyl groups excluding tert-OH is 2. The SMILES string of the molecule is CC(=O)SCCC(O)C(O)c1cnc[nH]c1=O. The molecule has 94 valence electrons. The maximum atomic E-state index is 11.3. The van der Waals surface area contributed by atoms with E-state index in [0.717, 1.165) is 11.8 Å². The Balaban J connectivity index is 2.58. The molecular formula is C10H14N2O4S. The summed E-state index contributed by atoms with van der Waals surface area (Å²) in [5.74, 6) is 0.395. The first-order valence-corrected chi connectivity index (χ1v) is 6.03. The smallest absolute Gasteiger partial charge is 0.256 e. The number of hydrogen-bond acceptors (Lipinski definition) is 6. The Bertz CT molecular complexity index is 434. The van der Waals surface area contributed by atoms with Crippen molar-refractivity contribution in [3.8, 4) is 0 Å². The van der Waals surface area contributed by atoms with E-state index in [1.807, 2.05) is 0 Å². The fourth-order valence-electron chi connectivity index (χ4n) is 1.25. The number of aromatic nitrogens is 2. The number of carbonyl (C=O) groups excluding carboxylic acids is 1. The number of rotatable bonds is 5. The van der Waals surface area contributed by atoms with Crippen LogP contribution in [-0.4, -0.2) is 37.2 Å². The summed E-state index contributed by atoms with van der Waals surface area (Å²) in [5, 5.41) is 19.3. The Morgan fingerprint density at radius 1 is 1.59 bits per heavy atom. The number of hydrogen-bond donors (Lipinski definition) is 3. The molecule has 1 aromatic heterocycles. The molecule has 0 amide bonds. The van der Waals surface area contributed by atoms with Gasteiger partial charge in [-0.1, -0.05) is 11.8 Å². The number of thioether (sulfide) groups is 1. The van der Waals surface area contributed by atoms with E-state index in [4.69, 9.17) is 0 Å². The maximum absolute atomic E-state index is 11.3. The molecule has 17 heavy (non-hydrogen) atoms. The molecule has 0 fully saturated rings. The Kier molecular flexibility index (Phi) is 5.33. The molecule has 3 N–H and O–H groups in total. The molecule has 0 spiro atoms. The van der Waals surface area contributed by atoms with Crippen molar-refractivity contribution in [1.82, 2.24) is 9.97 Å². The van der Waals surface area contributed by atoms with E-state index in [-0.39, 0.29) is 17.1 Å². The van der Waals surface area contributed by atoms with Crippen molar-refractivity contribution in [2.75, 3.05) is 5.75 Å². The van der Waals surface area contributed by atoms with E-state index in [1.165, 1.54) is 19.4 Å². The Labute approximate surface area is 102 Å². The molecule has 0 aliphatic carbocycles. The van der Waals surface area contributed by atoms with Crippen LogP contribution in [0.5, 0.6) is 0 Å². The summed E-state index contributed by atoms with van der Waals surface area (Å²) in [5.41, 5.74) is -0.460. The quantitative estimate of drug-likeness (QED) is 0.677. The predicted molar refractivity (Wildman–Crippen MR) is 63.6 cm³/mol. The first kappa shape index (κ1) is 13.9. The fraction of sp³-hybridized carbons (Fsp3) is 0.500. The summed E-state index contributed by atoms with van der Waals surface area (Å²) in [6, 6.07) is 0. The summed E-state index contributed by atoms with van der Waals surface area (Å²) in [6.45, 7) is 1.43. The van der Waals surface area contributed by atoms with Crippen LogP contribution < -0.4 is 5.56 Å². The lowest BCUT2D eigenvalue weighted by molar-refractivity contribution is -0.109. The maximum Gasteiger partial charge on any atom is 0.256 e. The first-order chi connectivity index (χ1) is 8.02. The molecule has 2 unspecified atom stereocenters. The molecule has 1 heterocycles. The molecule has 0 radical (unpaired) electrons. The lowest BCUT2D eigenvalue weighted by atomic mass is 10.1. The minimum atomic E-state index is -1.29. The highest BCUT2D eigenvalue weighted by Crippen LogP contribution is 2.17. The van der Waals surface area contributed by atoms with Gasteiger partial charge in [-0.2, -0.15) is 0 Å². The van der Waals surface area contributed by atoms with Crippen LogP contribution in [0, 0.1) is 0 Å². The Morgan fingerprint density at radius 2 is 2.29 bits per heavy atom. The molecule has 0 aliphatic heterocycles. The van der Waals surface area contributed by atoms with Crippen LogP contribution in [0.1, 0.15) is 25.0 Å². The number of nitrogens with zero attached hydrogens (tertiary/aromatic N) is 1.